The molecular formula is C14H14BrNO2S. The monoisotopic (exact) mass is 339 g/mol. The number of nitrogens with one attached hydrogen (secondary N) is 1. The van der Waals surface area contributed by atoms with Crippen molar-refractivity contribution >= 4 is 33.2 Å². The summed E-state index contributed by atoms with van der Waals surface area (Å²) in [4.78, 5) is 12.2. The van der Waals surface area contributed by atoms with Crippen molar-refractivity contribution in [3.05, 3.63) is 56.2 Å². The molecule has 0 aliphatic rings. The molecule has 0 aliphatic carbocycles. The Hall–Kier alpha value is -1.17. The largest absolute Gasteiger partial charge is 0.477 e. The summed E-state index contributed by atoms with van der Waals surface area (Å²) in [6.45, 7) is 2.76. The van der Waals surface area contributed by atoms with Crippen LogP contribution in [0.25, 0.3) is 0 Å². The second kappa shape index (κ2) is 6.32. The lowest BCUT2D eigenvalue weighted by molar-refractivity contribution is 0.0702. The first-order valence-corrected chi connectivity index (χ1v) is 7.48. The standard InChI is InChI=1S/C14H14BrNO2S/c1-9(10-3-2-4-11(15)7-10)16-8-12-5-6-13(19-12)14(17)18/h2-7,9,16H,8H2,1H3,(H,17,18). The molecule has 3 nitrogen and oxygen atoms in total. The van der Waals surface area contributed by atoms with E-state index in [9.17, 15) is 4.79 Å². The summed E-state index contributed by atoms with van der Waals surface area (Å²) in [6.07, 6.45) is 0. The van der Waals surface area contributed by atoms with Gasteiger partial charge >= 0.3 is 5.97 Å². The van der Waals surface area contributed by atoms with Crippen LogP contribution in [0.15, 0.2) is 40.9 Å². The van der Waals surface area contributed by atoms with Gasteiger partial charge in [-0.1, -0.05) is 28.1 Å². The molecular weight excluding hydrogens is 326 g/mol. The highest BCUT2D eigenvalue weighted by atomic mass is 79.9. The smallest absolute Gasteiger partial charge is 0.345 e. The lowest BCUT2D eigenvalue weighted by atomic mass is 10.1. The molecule has 0 aliphatic heterocycles. The minimum absolute atomic E-state index is 0.216. The van der Waals surface area contributed by atoms with E-state index in [2.05, 4.69) is 40.3 Å². The fraction of sp³-hybridized carbons (Fsp3) is 0.214. The van der Waals surface area contributed by atoms with Crippen molar-refractivity contribution < 1.29 is 9.90 Å². The first-order valence-electron chi connectivity index (χ1n) is 5.87. The normalized spacial score (nSPS) is 12.3. The van der Waals surface area contributed by atoms with Gasteiger partial charge in [0.25, 0.3) is 0 Å². The lowest BCUT2D eigenvalue weighted by Gasteiger charge is -2.13. The number of aromatic carboxylic acids is 1. The summed E-state index contributed by atoms with van der Waals surface area (Å²) in [5.74, 6) is -0.865. The van der Waals surface area contributed by atoms with Crippen LogP contribution in [0.2, 0.25) is 0 Å². The maximum atomic E-state index is 10.8. The minimum Gasteiger partial charge on any atom is -0.477 e. The predicted octanol–water partition coefficient (Wildman–Crippen LogP) is 4.06. The Kier molecular flexibility index (Phi) is 4.74. The number of hydrogen-bond donors (Lipinski definition) is 2. The summed E-state index contributed by atoms with van der Waals surface area (Å²) >= 11 is 4.76. The number of carbonyl (C=O) groups is 1. The number of carboxylic acid groups (broad SMARTS) is 1. The first-order chi connectivity index (χ1) is 9.06. The van der Waals surface area contributed by atoms with E-state index in [4.69, 9.17) is 5.11 Å². The molecule has 1 unspecified atom stereocenters. The van der Waals surface area contributed by atoms with Crippen LogP contribution in [0.5, 0.6) is 0 Å². The van der Waals surface area contributed by atoms with Crippen molar-refractivity contribution in [1.29, 1.82) is 0 Å². The highest BCUT2D eigenvalue weighted by molar-refractivity contribution is 9.10. The summed E-state index contributed by atoms with van der Waals surface area (Å²) in [5, 5.41) is 12.3. The first kappa shape index (κ1) is 14.2. The average Bonchev–Trinajstić information content (AvgIpc) is 2.85. The van der Waals surface area contributed by atoms with Crippen molar-refractivity contribution in [3.8, 4) is 0 Å². The van der Waals surface area contributed by atoms with Gasteiger partial charge in [-0.25, -0.2) is 4.79 Å². The van der Waals surface area contributed by atoms with Crippen LogP contribution in [0.1, 0.15) is 33.1 Å². The molecule has 1 atom stereocenters. The van der Waals surface area contributed by atoms with Crippen LogP contribution in [0.4, 0.5) is 0 Å². The number of rotatable bonds is 5. The number of carboxylic acids is 1. The van der Waals surface area contributed by atoms with E-state index in [1.165, 1.54) is 16.9 Å². The van der Waals surface area contributed by atoms with Gasteiger partial charge in [-0.15, -0.1) is 11.3 Å². The van der Waals surface area contributed by atoms with Crippen molar-refractivity contribution in [2.75, 3.05) is 0 Å². The van der Waals surface area contributed by atoms with E-state index in [1.807, 2.05) is 18.2 Å². The quantitative estimate of drug-likeness (QED) is 0.863. The molecule has 0 amide bonds. The lowest BCUT2D eigenvalue weighted by Crippen LogP contribution is -2.17. The Morgan fingerprint density at radius 1 is 1.42 bits per heavy atom. The highest BCUT2D eigenvalue weighted by Crippen LogP contribution is 2.20. The third kappa shape index (κ3) is 3.89. The van der Waals surface area contributed by atoms with E-state index in [0.29, 0.717) is 11.4 Å². The maximum Gasteiger partial charge on any atom is 0.345 e. The second-order valence-corrected chi connectivity index (χ2v) is 6.31. The maximum absolute atomic E-state index is 10.8. The van der Waals surface area contributed by atoms with Gasteiger partial charge in [0.15, 0.2) is 0 Å². The molecule has 19 heavy (non-hydrogen) atoms. The molecule has 0 radical (unpaired) electrons. The topological polar surface area (TPSA) is 49.3 Å². The molecule has 2 rings (SSSR count). The van der Waals surface area contributed by atoms with Crippen LogP contribution in [0, 0.1) is 0 Å². The van der Waals surface area contributed by atoms with E-state index in [0.717, 1.165) is 9.35 Å². The van der Waals surface area contributed by atoms with Gasteiger partial charge in [-0.2, -0.15) is 0 Å². The summed E-state index contributed by atoms with van der Waals surface area (Å²) < 4.78 is 1.06. The van der Waals surface area contributed by atoms with Gasteiger partial charge in [0, 0.05) is 21.9 Å². The van der Waals surface area contributed by atoms with Crippen LogP contribution < -0.4 is 5.32 Å². The van der Waals surface area contributed by atoms with Crippen molar-refractivity contribution in [2.45, 2.75) is 19.5 Å². The number of halogens is 1. The molecule has 1 aromatic heterocycles. The van der Waals surface area contributed by atoms with E-state index in [-0.39, 0.29) is 6.04 Å². The number of hydrogen-bond acceptors (Lipinski definition) is 3. The van der Waals surface area contributed by atoms with Gasteiger partial charge < -0.3 is 10.4 Å². The van der Waals surface area contributed by atoms with Crippen LogP contribution in [-0.4, -0.2) is 11.1 Å². The SMILES string of the molecule is CC(NCc1ccc(C(=O)O)s1)c1cccc(Br)c1. The Balaban J connectivity index is 1.96. The zero-order valence-electron chi connectivity index (χ0n) is 10.4. The van der Waals surface area contributed by atoms with Crippen LogP contribution in [-0.2, 0) is 6.54 Å². The average molecular weight is 340 g/mol. The molecule has 0 saturated carbocycles. The molecule has 100 valence electrons. The van der Waals surface area contributed by atoms with Gasteiger partial charge in [-0.3, -0.25) is 0 Å². The van der Waals surface area contributed by atoms with Gasteiger partial charge in [0.05, 0.1) is 0 Å². The fourth-order valence-electron chi connectivity index (χ4n) is 1.74. The molecule has 0 fully saturated rings. The molecule has 1 aromatic carbocycles. The third-order valence-electron chi connectivity index (χ3n) is 2.80. The second-order valence-electron chi connectivity index (χ2n) is 4.23. The zero-order valence-corrected chi connectivity index (χ0v) is 12.8. The predicted molar refractivity (Wildman–Crippen MR) is 80.7 cm³/mol. The number of benzene rings is 1. The highest BCUT2D eigenvalue weighted by Gasteiger charge is 2.09. The molecule has 1 heterocycles. The van der Waals surface area contributed by atoms with E-state index >= 15 is 0 Å². The fourth-order valence-corrected chi connectivity index (χ4v) is 2.95. The van der Waals surface area contributed by atoms with Crippen molar-refractivity contribution in [1.82, 2.24) is 5.32 Å². The van der Waals surface area contributed by atoms with Crippen LogP contribution in [0.3, 0.4) is 0 Å². The molecule has 0 saturated heterocycles. The van der Waals surface area contributed by atoms with Gasteiger partial charge in [-0.05, 0) is 36.8 Å². The number of thiophene rings is 1. The molecule has 2 aromatic rings. The van der Waals surface area contributed by atoms with E-state index in [1.54, 1.807) is 6.07 Å². The molecule has 2 N–H and O–H groups in total. The summed E-state index contributed by atoms with van der Waals surface area (Å²) in [7, 11) is 0. The van der Waals surface area contributed by atoms with Crippen molar-refractivity contribution in [3.63, 3.8) is 0 Å². The van der Waals surface area contributed by atoms with Gasteiger partial charge in [0.1, 0.15) is 4.88 Å². The van der Waals surface area contributed by atoms with E-state index < -0.39 is 5.97 Å². The molecule has 5 heteroatoms. The Labute approximate surface area is 124 Å². The Morgan fingerprint density at radius 3 is 2.84 bits per heavy atom. The molecule has 0 bridgehead atoms. The Bertz CT molecular complexity index is 582. The van der Waals surface area contributed by atoms with Gasteiger partial charge in [0.2, 0.25) is 0 Å². The molecule has 0 spiro atoms. The third-order valence-corrected chi connectivity index (χ3v) is 4.37. The Morgan fingerprint density at radius 2 is 2.21 bits per heavy atom. The summed E-state index contributed by atoms with van der Waals surface area (Å²) in [5.41, 5.74) is 1.20. The summed E-state index contributed by atoms with van der Waals surface area (Å²) in [6, 6.07) is 11.9. The minimum atomic E-state index is -0.865. The van der Waals surface area contributed by atoms with Crippen LogP contribution >= 0.6 is 27.3 Å². The zero-order chi connectivity index (χ0) is 13.8. The van der Waals surface area contributed by atoms with Crippen molar-refractivity contribution in [2.24, 2.45) is 0 Å².